The van der Waals surface area contributed by atoms with Crippen molar-refractivity contribution in [2.45, 2.75) is 26.2 Å². The van der Waals surface area contributed by atoms with Crippen LogP contribution in [0.3, 0.4) is 0 Å². The van der Waals surface area contributed by atoms with Crippen molar-refractivity contribution in [1.82, 2.24) is 5.32 Å². The quantitative estimate of drug-likeness (QED) is 0.645. The molecular formula is C14H23NO2. The van der Waals surface area contributed by atoms with Crippen molar-refractivity contribution in [2.75, 3.05) is 26.3 Å². The zero-order valence-electron chi connectivity index (χ0n) is 10.6. The monoisotopic (exact) mass is 237 g/mol. The van der Waals surface area contributed by atoms with Gasteiger partial charge in [-0.1, -0.05) is 19.1 Å². The molecule has 1 aromatic carbocycles. The Morgan fingerprint density at radius 2 is 1.94 bits per heavy atom. The van der Waals surface area contributed by atoms with Crippen molar-refractivity contribution in [2.24, 2.45) is 0 Å². The molecule has 0 atom stereocenters. The summed E-state index contributed by atoms with van der Waals surface area (Å²) in [5.41, 5.74) is 1.14. The molecule has 0 aliphatic carbocycles. The molecule has 0 amide bonds. The third-order valence-corrected chi connectivity index (χ3v) is 2.52. The summed E-state index contributed by atoms with van der Waals surface area (Å²) < 4.78 is 5.62. The molecular weight excluding hydrogens is 214 g/mol. The molecule has 0 aliphatic heterocycles. The fraction of sp³-hybridized carbons (Fsp3) is 0.571. The van der Waals surface area contributed by atoms with Gasteiger partial charge in [0.2, 0.25) is 0 Å². The molecule has 0 bridgehead atoms. The Kier molecular flexibility index (Phi) is 7.43. The van der Waals surface area contributed by atoms with E-state index in [-0.39, 0.29) is 6.61 Å². The maximum Gasteiger partial charge on any atom is 0.119 e. The van der Waals surface area contributed by atoms with E-state index in [1.165, 1.54) is 6.42 Å². The summed E-state index contributed by atoms with van der Waals surface area (Å²) in [5, 5.41) is 12.1. The molecule has 0 saturated carbocycles. The maximum atomic E-state index is 8.79. The van der Waals surface area contributed by atoms with Gasteiger partial charge in [-0.3, -0.25) is 0 Å². The molecule has 3 heteroatoms. The Hall–Kier alpha value is -1.06. The van der Waals surface area contributed by atoms with E-state index in [2.05, 4.69) is 12.2 Å². The van der Waals surface area contributed by atoms with E-state index in [9.17, 15) is 0 Å². The lowest BCUT2D eigenvalue weighted by Crippen LogP contribution is -2.18. The zero-order valence-corrected chi connectivity index (χ0v) is 10.6. The van der Waals surface area contributed by atoms with E-state index in [1.807, 2.05) is 24.3 Å². The van der Waals surface area contributed by atoms with E-state index in [1.54, 1.807) is 0 Å². The second-order valence-electron chi connectivity index (χ2n) is 4.07. The summed E-state index contributed by atoms with van der Waals surface area (Å²) in [5.74, 6) is 0.905. The highest BCUT2D eigenvalue weighted by molar-refractivity contribution is 5.27. The third kappa shape index (κ3) is 6.29. The normalized spacial score (nSPS) is 10.5. The van der Waals surface area contributed by atoms with E-state index >= 15 is 0 Å². The minimum absolute atomic E-state index is 0.198. The second kappa shape index (κ2) is 9.02. The fourth-order valence-corrected chi connectivity index (χ4v) is 1.57. The highest BCUT2D eigenvalue weighted by Crippen LogP contribution is 2.12. The van der Waals surface area contributed by atoms with Gasteiger partial charge in [-0.15, -0.1) is 0 Å². The molecule has 0 spiro atoms. The highest BCUT2D eigenvalue weighted by Gasteiger charge is 1.95. The molecule has 17 heavy (non-hydrogen) atoms. The smallest absolute Gasteiger partial charge is 0.119 e. The molecule has 96 valence electrons. The van der Waals surface area contributed by atoms with Crippen LogP contribution in [-0.2, 0) is 6.42 Å². The van der Waals surface area contributed by atoms with Gasteiger partial charge < -0.3 is 15.2 Å². The summed E-state index contributed by atoms with van der Waals surface area (Å²) in [7, 11) is 0. The first kappa shape index (κ1) is 14.0. The lowest BCUT2D eigenvalue weighted by Gasteiger charge is -2.07. The standard InChI is InChI=1S/C14H23NO2/c1-2-9-15-10-3-12-17-14-6-4-13(5-7-14)8-11-16/h4-7,15-16H,2-3,8-12H2,1H3. The van der Waals surface area contributed by atoms with Crippen molar-refractivity contribution < 1.29 is 9.84 Å². The number of aliphatic hydroxyl groups excluding tert-OH is 1. The van der Waals surface area contributed by atoms with E-state index in [4.69, 9.17) is 9.84 Å². The van der Waals surface area contributed by atoms with Crippen LogP contribution in [0.15, 0.2) is 24.3 Å². The van der Waals surface area contributed by atoms with Crippen LogP contribution in [0.2, 0.25) is 0 Å². The number of rotatable bonds is 9. The van der Waals surface area contributed by atoms with Gasteiger partial charge in [0.05, 0.1) is 6.61 Å². The van der Waals surface area contributed by atoms with Crippen LogP contribution in [0.1, 0.15) is 25.3 Å². The van der Waals surface area contributed by atoms with Crippen molar-refractivity contribution >= 4 is 0 Å². The van der Waals surface area contributed by atoms with Gasteiger partial charge in [-0.2, -0.15) is 0 Å². The van der Waals surface area contributed by atoms with Crippen LogP contribution in [-0.4, -0.2) is 31.4 Å². The Bertz CT molecular complexity index is 285. The summed E-state index contributed by atoms with van der Waals surface area (Å²) in [6.07, 6.45) is 2.91. The van der Waals surface area contributed by atoms with Crippen LogP contribution >= 0.6 is 0 Å². The number of benzene rings is 1. The van der Waals surface area contributed by atoms with E-state index in [0.29, 0.717) is 6.42 Å². The molecule has 1 aromatic rings. The lowest BCUT2D eigenvalue weighted by atomic mass is 10.1. The molecule has 0 heterocycles. The maximum absolute atomic E-state index is 8.79. The van der Waals surface area contributed by atoms with Gasteiger partial charge in [0.15, 0.2) is 0 Å². The number of hydrogen-bond donors (Lipinski definition) is 2. The minimum atomic E-state index is 0.198. The van der Waals surface area contributed by atoms with Crippen LogP contribution in [0.5, 0.6) is 5.75 Å². The average Bonchev–Trinajstić information content (AvgIpc) is 2.36. The molecule has 2 N–H and O–H groups in total. The van der Waals surface area contributed by atoms with Crippen molar-refractivity contribution in [3.63, 3.8) is 0 Å². The second-order valence-corrected chi connectivity index (χ2v) is 4.07. The van der Waals surface area contributed by atoms with Gasteiger partial charge >= 0.3 is 0 Å². The lowest BCUT2D eigenvalue weighted by molar-refractivity contribution is 0.298. The van der Waals surface area contributed by atoms with Crippen LogP contribution in [0, 0.1) is 0 Å². The average molecular weight is 237 g/mol. The summed E-state index contributed by atoms with van der Waals surface area (Å²) in [4.78, 5) is 0. The largest absolute Gasteiger partial charge is 0.494 e. The fourth-order valence-electron chi connectivity index (χ4n) is 1.57. The van der Waals surface area contributed by atoms with Gasteiger partial charge in [0, 0.05) is 6.61 Å². The van der Waals surface area contributed by atoms with Gasteiger partial charge in [0.25, 0.3) is 0 Å². The number of hydrogen-bond acceptors (Lipinski definition) is 3. The minimum Gasteiger partial charge on any atom is -0.494 e. The Labute approximate surface area is 104 Å². The van der Waals surface area contributed by atoms with Crippen LogP contribution < -0.4 is 10.1 Å². The predicted molar refractivity (Wildman–Crippen MR) is 70.5 cm³/mol. The molecule has 0 aromatic heterocycles. The van der Waals surface area contributed by atoms with Gasteiger partial charge in [0.1, 0.15) is 5.75 Å². The van der Waals surface area contributed by atoms with Gasteiger partial charge in [-0.05, 0) is 50.0 Å². The third-order valence-electron chi connectivity index (χ3n) is 2.52. The van der Waals surface area contributed by atoms with Crippen molar-refractivity contribution in [3.8, 4) is 5.75 Å². The van der Waals surface area contributed by atoms with E-state index < -0.39 is 0 Å². The molecule has 0 unspecified atom stereocenters. The number of nitrogens with one attached hydrogen (secondary N) is 1. The highest BCUT2D eigenvalue weighted by atomic mass is 16.5. The summed E-state index contributed by atoms with van der Waals surface area (Å²) in [6.45, 7) is 5.20. The van der Waals surface area contributed by atoms with Crippen molar-refractivity contribution in [1.29, 1.82) is 0 Å². The molecule has 0 radical (unpaired) electrons. The first-order chi connectivity index (χ1) is 8.36. The predicted octanol–water partition coefficient (Wildman–Crippen LogP) is 1.99. The first-order valence-electron chi connectivity index (χ1n) is 6.40. The SMILES string of the molecule is CCCNCCCOc1ccc(CCO)cc1. The molecule has 0 aliphatic rings. The Balaban J connectivity index is 2.14. The first-order valence-corrected chi connectivity index (χ1v) is 6.40. The molecule has 3 nitrogen and oxygen atoms in total. The molecule has 0 fully saturated rings. The molecule has 1 rings (SSSR count). The zero-order chi connectivity index (χ0) is 12.3. The van der Waals surface area contributed by atoms with E-state index in [0.717, 1.165) is 37.4 Å². The topological polar surface area (TPSA) is 41.5 Å². The van der Waals surface area contributed by atoms with Crippen LogP contribution in [0.25, 0.3) is 0 Å². The summed E-state index contributed by atoms with van der Waals surface area (Å²) >= 11 is 0. The Morgan fingerprint density at radius 3 is 2.59 bits per heavy atom. The van der Waals surface area contributed by atoms with Crippen molar-refractivity contribution in [3.05, 3.63) is 29.8 Å². The number of aliphatic hydroxyl groups is 1. The Morgan fingerprint density at radius 1 is 1.18 bits per heavy atom. The van der Waals surface area contributed by atoms with Crippen LogP contribution in [0.4, 0.5) is 0 Å². The molecule has 0 saturated heterocycles. The van der Waals surface area contributed by atoms with Gasteiger partial charge in [-0.25, -0.2) is 0 Å². The summed E-state index contributed by atoms with van der Waals surface area (Å²) in [6, 6.07) is 7.93. The number of ether oxygens (including phenoxy) is 1.